The molecule has 0 aliphatic heterocycles. The fourth-order valence-electron chi connectivity index (χ4n) is 8.67. The van der Waals surface area contributed by atoms with Crippen molar-refractivity contribution in [3.63, 3.8) is 0 Å². The molecular formula is C55H100N18O16. The molecular weight excluding hydrogens is 1170 g/mol. The Hall–Kier alpha value is -8.43. The molecule has 0 rings (SSSR count). The van der Waals surface area contributed by atoms with Crippen molar-refractivity contribution in [3.8, 4) is 0 Å². The third kappa shape index (κ3) is 38.5. The number of aliphatic imine (C=N–C) groups is 2. The van der Waals surface area contributed by atoms with Crippen LogP contribution in [0.3, 0.4) is 0 Å². The number of aliphatic hydroxyl groups excluding tert-OH is 2. The highest BCUT2D eigenvalue weighted by molar-refractivity contribution is 5.99. The summed E-state index contributed by atoms with van der Waals surface area (Å²) in [6.07, 6.45) is 9.97. The topological polar surface area (TPSA) is 584 Å². The second kappa shape index (κ2) is 46.7. The van der Waals surface area contributed by atoms with Crippen LogP contribution in [0.5, 0.6) is 0 Å². The SMILES string of the molecule is CCCCCCCCCCCCCCCC(=O)N[C@@H](C)C(=O)NCC(=O)N[C@@H](CCCN=C(N)N)C(=O)N[C@@H](CO)C(=O)N[C@@H](CC(=O)O)C(=O)N[C@H](C(=O)N[C@@H](CCCN=C(N)N)C(=O)N[C@@H](CCC(N)=O)C(=O)N[C@@H](CCC(N)=O)C(=O)NC)[C@@H](C)O. The first-order valence-electron chi connectivity index (χ1n) is 30.1. The number of nitrogens with two attached hydrogens (primary N) is 6. The molecule has 0 saturated heterocycles. The normalized spacial score (nSPS) is 13.9. The molecule has 0 saturated carbocycles. The van der Waals surface area contributed by atoms with E-state index in [9.17, 15) is 77.6 Å². The molecule has 0 aliphatic rings. The van der Waals surface area contributed by atoms with Crippen molar-refractivity contribution in [1.82, 2.24) is 53.2 Å². The van der Waals surface area contributed by atoms with E-state index < -0.39 is 158 Å². The van der Waals surface area contributed by atoms with Gasteiger partial charge in [-0.3, -0.25) is 72.3 Å². The van der Waals surface area contributed by atoms with E-state index in [1.165, 1.54) is 65.3 Å². The van der Waals surface area contributed by atoms with Crippen molar-refractivity contribution >= 4 is 88.8 Å². The largest absolute Gasteiger partial charge is 0.481 e. The number of carbonyl (C=O) groups is 13. The Morgan fingerprint density at radius 2 is 0.820 bits per heavy atom. The molecule has 0 fully saturated rings. The lowest BCUT2D eigenvalue weighted by molar-refractivity contribution is -0.142. The molecule has 0 unspecified atom stereocenters. The second-order valence-electron chi connectivity index (χ2n) is 21.5. The van der Waals surface area contributed by atoms with Crippen LogP contribution < -0.4 is 87.6 Å². The lowest BCUT2D eigenvalue weighted by Crippen LogP contribution is -2.62. The first-order chi connectivity index (χ1) is 42.1. The van der Waals surface area contributed by atoms with Crippen LogP contribution in [0.15, 0.2) is 9.98 Å². The molecule has 506 valence electrons. The van der Waals surface area contributed by atoms with Crippen LogP contribution in [0.1, 0.15) is 168 Å². The van der Waals surface area contributed by atoms with Crippen molar-refractivity contribution in [1.29, 1.82) is 0 Å². The molecule has 34 nitrogen and oxygen atoms in total. The van der Waals surface area contributed by atoms with E-state index in [2.05, 4.69) is 70.1 Å². The third-order valence-corrected chi connectivity index (χ3v) is 13.6. The summed E-state index contributed by atoms with van der Waals surface area (Å²) < 4.78 is 0. The van der Waals surface area contributed by atoms with E-state index in [1.54, 1.807) is 0 Å². The standard InChI is InChI=1S/C55H100N18O16/c1-5-6-7-8-9-10-11-12-13-14-15-16-17-22-42(78)66-32(2)46(82)65-30-43(79)67-34(20-18-27-63-54(58)59)48(84)72-39(31-74)52(88)71-38(29-44(80)81)51(87)73-45(33(3)75)53(89)70-35(21-19-28-64-55(60)61)49(85)69-37(24-26-41(57)77)50(86)68-36(47(83)62-4)23-25-40(56)76/h32-39,45,74-75H,5-31H2,1-4H3,(H2,56,76)(H2,57,77)(H,62,83)(H,65,82)(H,66,78)(H,67,79)(H,68,86)(H,69,85)(H,70,89)(H,71,88)(H,72,84)(H,73,87)(H,80,81)(H4,58,59,63)(H4,60,61,64)/t32-,33+,34-,35-,36-,37-,38-,39-,45-/m0/s1. The Bertz CT molecular complexity index is 2350. The number of guanidine groups is 2. The van der Waals surface area contributed by atoms with E-state index in [4.69, 9.17) is 34.4 Å². The van der Waals surface area contributed by atoms with Gasteiger partial charge in [-0.2, -0.15) is 0 Å². The minimum absolute atomic E-state index is 0.0362. The number of hydrogen-bond acceptors (Lipinski definition) is 17. The molecule has 0 bridgehead atoms. The summed E-state index contributed by atoms with van der Waals surface area (Å²) in [6, 6.07) is -13.2. The van der Waals surface area contributed by atoms with Crippen molar-refractivity contribution in [3.05, 3.63) is 0 Å². The van der Waals surface area contributed by atoms with Gasteiger partial charge < -0.3 is 103 Å². The van der Waals surface area contributed by atoms with Crippen LogP contribution >= 0.6 is 0 Å². The Kier molecular flexibility index (Phi) is 42.3. The fourth-order valence-corrected chi connectivity index (χ4v) is 8.67. The second-order valence-corrected chi connectivity index (χ2v) is 21.5. The minimum atomic E-state index is -2.10. The van der Waals surface area contributed by atoms with Gasteiger partial charge in [0.05, 0.1) is 25.7 Å². The summed E-state index contributed by atoms with van der Waals surface area (Å²) in [7, 11) is 1.25. The van der Waals surface area contributed by atoms with Crippen molar-refractivity contribution in [2.45, 2.75) is 223 Å². The fraction of sp³-hybridized carbons (Fsp3) is 0.727. The third-order valence-electron chi connectivity index (χ3n) is 13.6. The van der Waals surface area contributed by atoms with Crippen LogP contribution in [0.25, 0.3) is 0 Å². The number of unbranched alkanes of at least 4 members (excludes halogenated alkanes) is 12. The zero-order valence-corrected chi connectivity index (χ0v) is 51.8. The van der Waals surface area contributed by atoms with Gasteiger partial charge in [0.25, 0.3) is 0 Å². The van der Waals surface area contributed by atoms with Gasteiger partial charge in [0.1, 0.15) is 48.3 Å². The Morgan fingerprint density at radius 3 is 1.25 bits per heavy atom. The zero-order chi connectivity index (χ0) is 67.4. The summed E-state index contributed by atoms with van der Waals surface area (Å²) in [6.45, 7) is 2.65. The molecule has 0 heterocycles. The quantitative estimate of drug-likeness (QED) is 0.0154. The number of carbonyl (C=O) groups excluding carboxylic acids is 12. The highest BCUT2D eigenvalue weighted by Gasteiger charge is 2.36. The Balaban J connectivity index is 6.17. The van der Waals surface area contributed by atoms with E-state index in [0.717, 1.165) is 32.6 Å². The number of primary amides is 2. The maximum absolute atomic E-state index is 13.9. The first-order valence-corrected chi connectivity index (χ1v) is 30.1. The highest BCUT2D eigenvalue weighted by atomic mass is 16.4. The molecule has 25 N–H and O–H groups in total. The Morgan fingerprint density at radius 1 is 0.427 bits per heavy atom. The van der Waals surface area contributed by atoms with E-state index in [1.807, 2.05) is 0 Å². The molecule has 0 radical (unpaired) electrons. The number of amides is 12. The van der Waals surface area contributed by atoms with Crippen LogP contribution in [-0.2, 0) is 62.3 Å². The number of hydrogen-bond donors (Lipinski definition) is 19. The number of likely N-dealkylation sites (N-methyl/N-ethyl adjacent to an activating group) is 1. The van der Waals surface area contributed by atoms with Gasteiger partial charge in [0.15, 0.2) is 11.9 Å². The predicted octanol–water partition coefficient (Wildman–Crippen LogP) is -5.29. The first kappa shape index (κ1) is 80.6. The average molecular weight is 1270 g/mol. The minimum Gasteiger partial charge on any atom is -0.481 e. The van der Waals surface area contributed by atoms with Crippen LogP contribution in [0, 0.1) is 0 Å². The lowest BCUT2D eigenvalue weighted by Gasteiger charge is -2.28. The number of rotatable bonds is 50. The maximum atomic E-state index is 13.9. The number of carboxylic acid groups (broad SMARTS) is 1. The molecule has 9 atom stereocenters. The predicted molar refractivity (Wildman–Crippen MR) is 326 cm³/mol. The summed E-state index contributed by atoms with van der Waals surface area (Å²) in [5.74, 6) is -14.0. The number of nitrogens with one attached hydrogen (secondary N) is 10. The van der Waals surface area contributed by atoms with Crippen molar-refractivity contribution in [2.75, 3.05) is 33.3 Å². The molecule has 0 aromatic carbocycles. The molecule has 0 aliphatic carbocycles. The summed E-state index contributed by atoms with van der Waals surface area (Å²) in [4.78, 5) is 177. The molecule has 0 aromatic rings. The van der Waals surface area contributed by atoms with Gasteiger partial charge >= 0.3 is 5.97 Å². The van der Waals surface area contributed by atoms with Gasteiger partial charge in [-0.05, 0) is 58.8 Å². The van der Waals surface area contributed by atoms with Gasteiger partial charge in [-0.25, -0.2) is 0 Å². The summed E-state index contributed by atoms with van der Waals surface area (Å²) >= 11 is 0. The van der Waals surface area contributed by atoms with Crippen LogP contribution in [-0.4, -0.2) is 192 Å². The molecule has 0 aromatic heterocycles. The number of carboxylic acids is 1. The van der Waals surface area contributed by atoms with E-state index >= 15 is 0 Å². The van der Waals surface area contributed by atoms with Crippen LogP contribution in [0.2, 0.25) is 0 Å². The Labute approximate surface area is 518 Å². The monoisotopic (exact) mass is 1270 g/mol. The number of aliphatic hydroxyl groups is 2. The van der Waals surface area contributed by atoms with E-state index in [0.29, 0.717) is 6.42 Å². The maximum Gasteiger partial charge on any atom is 0.305 e. The van der Waals surface area contributed by atoms with E-state index in [-0.39, 0.29) is 75.9 Å². The molecule has 34 heteroatoms. The molecule has 0 spiro atoms. The van der Waals surface area contributed by atoms with Gasteiger partial charge in [0, 0.05) is 39.4 Å². The lowest BCUT2D eigenvalue weighted by atomic mass is 10.0. The van der Waals surface area contributed by atoms with Gasteiger partial charge in [-0.1, -0.05) is 84.0 Å². The highest BCUT2D eigenvalue weighted by Crippen LogP contribution is 2.14. The average Bonchev–Trinajstić information content (AvgIpc) is 3.24. The van der Waals surface area contributed by atoms with Crippen LogP contribution in [0.4, 0.5) is 0 Å². The van der Waals surface area contributed by atoms with Gasteiger partial charge in [-0.15, -0.1) is 0 Å². The number of nitrogens with zero attached hydrogens (tertiary/aromatic N) is 2. The number of aliphatic carboxylic acids is 1. The molecule has 12 amide bonds. The van der Waals surface area contributed by atoms with Crippen molar-refractivity contribution in [2.24, 2.45) is 44.4 Å². The summed E-state index contributed by atoms with van der Waals surface area (Å²) in [5, 5.41) is 53.9. The van der Waals surface area contributed by atoms with Gasteiger partial charge in [0.2, 0.25) is 70.9 Å². The van der Waals surface area contributed by atoms with Crippen molar-refractivity contribution < 1.29 is 77.6 Å². The zero-order valence-electron chi connectivity index (χ0n) is 51.8. The smallest absolute Gasteiger partial charge is 0.305 e. The summed E-state index contributed by atoms with van der Waals surface area (Å²) in [5.41, 5.74) is 32.2. The molecule has 89 heavy (non-hydrogen) atoms.